The van der Waals surface area contributed by atoms with Gasteiger partial charge in [0.15, 0.2) is 11.6 Å². The number of hydrogen-bond donors (Lipinski definition) is 3. The van der Waals surface area contributed by atoms with Crippen LogP contribution in [0.1, 0.15) is 11.5 Å². The number of halogens is 5. The number of hydrogen-bond acceptors (Lipinski definition) is 3. The Morgan fingerprint density at radius 2 is 1.96 bits per heavy atom. The molecule has 1 amide bonds. The van der Waals surface area contributed by atoms with Crippen molar-refractivity contribution < 1.29 is 37.0 Å². The molecule has 3 atom stereocenters. The van der Waals surface area contributed by atoms with Crippen LogP contribution >= 0.6 is 0 Å². The maximum atomic E-state index is 13.4. The second-order valence-corrected chi connectivity index (χ2v) is 5.53. The van der Waals surface area contributed by atoms with Crippen molar-refractivity contribution in [2.24, 2.45) is 0 Å². The second-order valence-electron chi connectivity index (χ2n) is 5.53. The van der Waals surface area contributed by atoms with Gasteiger partial charge in [-0.25, -0.2) is 13.6 Å². The first kappa shape index (κ1) is 18.4. The molecule has 2 rings (SSSR count). The molecule has 0 bridgehead atoms. The minimum atomic E-state index is -4.70. The van der Waals surface area contributed by atoms with E-state index in [1.165, 1.54) is 6.07 Å². The summed E-state index contributed by atoms with van der Waals surface area (Å²) in [5, 5.41) is 20.0. The summed E-state index contributed by atoms with van der Waals surface area (Å²) >= 11 is 0. The molecule has 1 aliphatic rings. The lowest BCUT2D eigenvalue weighted by molar-refractivity contribution is -0.190. The molecule has 1 aromatic carbocycles. The van der Waals surface area contributed by atoms with Crippen molar-refractivity contribution in [3.63, 3.8) is 0 Å². The first-order chi connectivity index (χ1) is 11.1. The van der Waals surface area contributed by atoms with Gasteiger partial charge in [-0.3, -0.25) is 4.90 Å². The normalized spacial score (nSPS) is 23.2. The number of benzene rings is 1. The molecule has 10 heteroatoms. The van der Waals surface area contributed by atoms with Crippen LogP contribution in [0.3, 0.4) is 0 Å². The number of aliphatic hydroxyl groups excluding tert-OH is 1. The summed E-state index contributed by atoms with van der Waals surface area (Å²) in [4.78, 5) is 11.7. The highest BCUT2D eigenvalue weighted by Gasteiger charge is 2.48. The van der Waals surface area contributed by atoms with Gasteiger partial charge in [-0.15, -0.1) is 0 Å². The van der Waals surface area contributed by atoms with Crippen molar-refractivity contribution in [2.45, 2.75) is 24.2 Å². The van der Waals surface area contributed by atoms with Crippen molar-refractivity contribution in [3.8, 4) is 0 Å². The maximum Gasteiger partial charge on any atom is 0.406 e. The molecule has 24 heavy (non-hydrogen) atoms. The zero-order valence-electron chi connectivity index (χ0n) is 12.2. The van der Waals surface area contributed by atoms with Crippen LogP contribution in [-0.2, 0) is 0 Å². The molecule has 1 unspecified atom stereocenters. The highest BCUT2D eigenvalue weighted by molar-refractivity contribution is 5.65. The number of alkyl halides is 3. The quantitative estimate of drug-likeness (QED) is 0.723. The Kier molecular flexibility index (Phi) is 5.29. The van der Waals surface area contributed by atoms with Gasteiger partial charge in [0.2, 0.25) is 0 Å². The zero-order chi connectivity index (χ0) is 18.1. The van der Waals surface area contributed by atoms with Crippen LogP contribution in [0.25, 0.3) is 0 Å². The summed E-state index contributed by atoms with van der Waals surface area (Å²) < 4.78 is 65.3. The number of carboxylic acid groups (broad SMARTS) is 1. The molecule has 5 nitrogen and oxygen atoms in total. The van der Waals surface area contributed by atoms with Gasteiger partial charge < -0.3 is 15.5 Å². The van der Waals surface area contributed by atoms with Crippen molar-refractivity contribution >= 4 is 6.09 Å². The first-order valence-electron chi connectivity index (χ1n) is 6.99. The third-order valence-corrected chi connectivity index (χ3v) is 4.02. The zero-order valence-corrected chi connectivity index (χ0v) is 12.2. The summed E-state index contributed by atoms with van der Waals surface area (Å²) in [6.07, 6.45) is -6.15. The van der Waals surface area contributed by atoms with Crippen LogP contribution in [0.4, 0.5) is 26.7 Å². The third kappa shape index (κ3) is 3.93. The lowest BCUT2D eigenvalue weighted by Crippen LogP contribution is -2.48. The predicted octanol–water partition coefficient (Wildman–Crippen LogP) is 1.92. The van der Waals surface area contributed by atoms with Crippen LogP contribution in [0.2, 0.25) is 0 Å². The van der Waals surface area contributed by atoms with E-state index in [0.29, 0.717) is 0 Å². The molecule has 134 valence electrons. The van der Waals surface area contributed by atoms with E-state index in [1.807, 2.05) is 0 Å². The molecule has 1 saturated heterocycles. The minimum Gasteiger partial charge on any atom is -0.465 e. The fourth-order valence-corrected chi connectivity index (χ4v) is 2.90. The molecular weight excluding hydrogens is 339 g/mol. The molecule has 3 N–H and O–H groups in total. The summed E-state index contributed by atoms with van der Waals surface area (Å²) in [5.41, 5.74) is 0.175. The van der Waals surface area contributed by atoms with Crippen molar-refractivity contribution in [2.75, 3.05) is 19.7 Å². The van der Waals surface area contributed by atoms with Crippen LogP contribution in [0.5, 0.6) is 0 Å². The van der Waals surface area contributed by atoms with E-state index >= 15 is 0 Å². The first-order valence-corrected chi connectivity index (χ1v) is 6.99. The van der Waals surface area contributed by atoms with Gasteiger partial charge in [-0.1, -0.05) is 6.07 Å². The van der Waals surface area contributed by atoms with E-state index in [9.17, 15) is 26.7 Å². The van der Waals surface area contributed by atoms with Crippen molar-refractivity contribution in [3.05, 3.63) is 35.4 Å². The molecule has 1 aliphatic heterocycles. The van der Waals surface area contributed by atoms with E-state index in [-0.39, 0.29) is 18.7 Å². The van der Waals surface area contributed by atoms with E-state index in [2.05, 4.69) is 5.32 Å². The van der Waals surface area contributed by atoms with Gasteiger partial charge in [0.1, 0.15) is 6.04 Å². The number of aliphatic hydroxyl groups is 1. The number of likely N-dealkylation sites (tertiary alicyclic amines) is 1. The van der Waals surface area contributed by atoms with Crippen molar-refractivity contribution in [1.82, 2.24) is 10.2 Å². The maximum absolute atomic E-state index is 13.4. The van der Waals surface area contributed by atoms with Crippen molar-refractivity contribution in [1.29, 1.82) is 0 Å². The molecule has 0 spiro atoms. The third-order valence-electron chi connectivity index (χ3n) is 4.02. The lowest BCUT2D eigenvalue weighted by Gasteiger charge is -2.28. The Morgan fingerprint density at radius 3 is 2.46 bits per heavy atom. The number of rotatable bonds is 4. The molecule has 0 aliphatic carbocycles. The fraction of sp³-hybridized carbons (Fsp3) is 0.500. The van der Waals surface area contributed by atoms with Crippen LogP contribution in [0, 0.1) is 11.6 Å². The standard InChI is InChI=1S/C14H15F5N2O3/c15-9-2-1-7(3-10(9)16)8-4-21(5-11(8)20-13(23)24)12(6-22)14(17,18)19/h1-3,8,11-12,20,22H,4-6H2,(H,23,24)/t8-,11+,12?/m0/s1. The van der Waals surface area contributed by atoms with E-state index in [0.717, 1.165) is 17.0 Å². The monoisotopic (exact) mass is 354 g/mol. The number of carbonyl (C=O) groups is 1. The molecule has 1 heterocycles. The average Bonchev–Trinajstić information content (AvgIpc) is 2.83. The van der Waals surface area contributed by atoms with Crippen LogP contribution in [-0.4, -0.2) is 59.2 Å². The number of nitrogens with zero attached hydrogens (tertiary/aromatic N) is 1. The number of amides is 1. The Balaban J connectivity index is 2.30. The topological polar surface area (TPSA) is 72.8 Å². The smallest absolute Gasteiger partial charge is 0.406 e. The van der Waals surface area contributed by atoms with Crippen LogP contribution < -0.4 is 5.32 Å². The molecule has 0 radical (unpaired) electrons. The van der Waals surface area contributed by atoms with Gasteiger partial charge >= 0.3 is 12.3 Å². The molecular formula is C14H15F5N2O3. The minimum absolute atomic E-state index is 0.175. The van der Waals surface area contributed by atoms with Crippen LogP contribution in [0.15, 0.2) is 18.2 Å². The van der Waals surface area contributed by atoms with Gasteiger partial charge in [0, 0.05) is 19.0 Å². The summed E-state index contributed by atoms with van der Waals surface area (Å²) in [5.74, 6) is -3.10. The Bertz CT molecular complexity index is 611. The van der Waals surface area contributed by atoms with Gasteiger partial charge in [0.05, 0.1) is 12.6 Å². The fourth-order valence-electron chi connectivity index (χ4n) is 2.90. The summed E-state index contributed by atoms with van der Waals surface area (Å²) in [7, 11) is 0. The second kappa shape index (κ2) is 6.89. The Labute approximate surface area is 133 Å². The molecule has 1 aromatic rings. The molecule has 1 fully saturated rings. The summed E-state index contributed by atoms with van der Waals surface area (Å²) in [6.45, 7) is -1.77. The summed E-state index contributed by atoms with van der Waals surface area (Å²) in [6, 6.07) is -0.250. The highest BCUT2D eigenvalue weighted by atomic mass is 19.4. The average molecular weight is 354 g/mol. The number of nitrogens with one attached hydrogen (secondary N) is 1. The van der Waals surface area contributed by atoms with E-state index in [4.69, 9.17) is 10.2 Å². The Morgan fingerprint density at radius 1 is 1.29 bits per heavy atom. The van der Waals surface area contributed by atoms with E-state index in [1.54, 1.807) is 0 Å². The largest absolute Gasteiger partial charge is 0.465 e. The van der Waals surface area contributed by atoms with Gasteiger partial charge in [-0.2, -0.15) is 13.2 Å². The molecule has 0 saturated carbocycles. The lowest BCUT2D eigenvalue weighted by atomic mass is 9.94. The highest BCUT2D eigenvalue weighted by Crippen LogP contribution is 2.34. The Hall–Kier alpha value is -1.94. The SMILES string of the molecule is O=C(O)N[C@@H]1CN(C(CO)C(F)(F)F)C[C@H]1c1ccc(F)c(F)c1. The predicted molar refractivity (Wildman–Crippen MR) is 72.5 cm³/mol. The van der Waals surface area contributed by atoms with Gasteiger partial charge in [-0.05, 0) is 17.7 Å². The van der Waals surface area contributed by atoms with E-state index < -0.39 is 48.5 Å². The molecule has 0 aromatic heterocycles. The van der Waals surface area contributed by atoms with Gasteiger partial charge in [0.25, 0.3) is 0 Å².